The Morgan fingerprint density at radius 3 is 2.94 bits per heavy atom. The number of carbonyl (C=O) groups is 1. The zero-order valence-electron chi connectivity index (χ0n) is 10.3. The highest BCUT2D eigenvalue weighted by molar-refractivity contribution is 7.08. The van der Waals surface area contributed by atoms with Crippen LogP contribution >= 0.6 is 11.5 Å². The molecule has 96 valence electrons. The van der Waals surface area contributed by atoms with Crippen molar-refractivity contribution in [3.05, 3.63) is 22.3 Å². The maximum atomic E-state index is 12.0. The van der Waals surface area contributed by atoms with E-state index in [1.54, 1.807) is 13.8 Å². The minimum Gasteiger partial charge on any atom is -0.340 e. The van der Waals surface area contributed by atoms with Gasteiger partial charge in [-0.3, -0.25) is 4.79 Å². The van der Waals surface area contributed by atoms with Crippen molar-refractivity contribution in [3.63, 3.8) is 0 Å². The maximum absolute atomic E-state index is 12.0. The van der Waals surface area contributed by atoms with Crippen LogP contribution in [0.2, 0.25) is 0 Å². The number of nitrogens with one attached hydrogen (secondary N) is 1. The molecule has 0 fully saturated rings. The lowest BCUT2D eigenvalue weighted by Gasteiger charge is -2.08. The van der Waals surface area contributed by atoms with Crippen molar-refractivity contribution >= 4 is 17.4 Å². The summed E-state index contributed by atoms with van der Waals surface area (Å²) in [4.78, 5) is 16.6. The fourth-order valence-corrected chi connectivity index (χ4v) is 2.08. The molecule has 1 atom stereocenters. The first kappa shape index (κ1) is 12.6. The first-order valence-electron chi connectivity index (χ1n) is 5.54. The number of hydrogen-bond acceptors (Lipinski definition) is 7. The molecule has 0 spiro atoms. The summed E-state index contributed by atoms with van der Waals surface area (Å²) in [5.41, 5.74) is 0.700. The van der Waals surface area contributed by atoms with E-state index in [4.69, 9.17) is 4.52 Å². The number of aryl methyl sites for hydroxylation is 2. The van der Waals surface area contributed by atoms with Crippen LogP contribution in [-0.4, -0.2) is 25.6 Å². The van der Waals surface area contributed by atoms with Crippen molar-refractivity contribution < 1.29 is 9.32 Å². The van der Waals surface area contributed by atoms with Gasteiger partial charge in [-0.25, -0.2) is 0 Å². The summed E-state index contributed by atoms with van der Waals surface area (Å²) in [5.74, 6) is 0.710. The van der Waals surface area contributed by atoms with E-state index >= 15 is 0 Å². The van der Waals surface area contributed by atoms with Gasteiger partial charge in [0.15, 0.2) is 5.82 Å². The van der Waals surface area contributed by atoms with Gasteiger partial charge in [-0.15, -0.1) is 5.10 Å². The van der Waals surface area contributed by atoms with Crippen LogP contribution in [-0.2, 0) is 6.42 Å². The summed E-state index contributed by atoms with van der Waals surface area (Å²) >= 11 is 1.08. The van der Waals surface area contributed by atoms with Crippen LogP contribution in [0, 0.1) is 6.92 Å². The lowest BCUT2D eigenvalue weighted by molar-refractivity contribution is 0.0935. The van der Waals surface area contributed by atoms with Crippen LogP contribution in [0.5, 0.6) is 0 Å². The molecule has 0 saturated carbocycles. The smallest absolute Gasteiger partial charge is 0.265 e. The average molecular weight is 267 g/mol. The molecule has 8 heteroatoms. The quantitative estimate of drug-likeness (QED) is 0.896. The highest BCUT2D eigenvalue weighted by Gasteiger charge is 2.20. The minimum absolute atomic E-state index is 0.217. The zero-order chi connectivity index (χ0) is 13.1. The van der Waals surface area contributed by atoms with Crippen molar-refractivity contribution in [2.24, 2.45) is 0 Å². The second kappa shape index (κ2) is 5.21. The van der Waals surface area contributed by atoms with Crippen LogP contribution in [0.3, 0.4) is 0 Å². The van der Waals surface area contributed by atoms with Crippen molar-refractivity contribution in [2.75, 3.05) is 0 Å². The minimum atomic E-state index is -0.342. The Labute approximate surface area is 108 Å². The molecule has 0 bridgehead atoms. The molecule has 2 heterocycles. The van der Waals surface area contributed by atoms with Crippen molar-refractivity contribution in [3.8, 4) is 0 Å². The fourth-order valence-electron chi connectivity index (χ4n) is 1.43. The third-order valence-electron chi connectivity index (χ3n) is 2.36. The lowest BCUT2D eigenvalue weighted by atomic mass is 10.2. The van der Waals surface area contributed by atoms with Crippen LogP contribution in [0.1, 0.15) is 47.0 Å². The van der Waals surface area contributed by atoms with Gasteiger partial charge in [-0.1, -0.05) is 16.6 Å². The molecule has 0 saturated heterocycles. The van der Waals surface area contributed by atoms with E-state index in [0.29, 0.717) is 28.7 Å². The molecule has 0 aliphatic carbocycles. The van der Waals surface area contributed by atoms with E-state index in [1.807, 2.05) is 6.92 Å². The second-order valence-electron chi connectivity index (χ2n) is 3.78. The standard InChI is InChI=1S/C10H13N5O2S/c1-4-7-8(18-15-13-7)9(16)11-5(2)10-12-6(3)14-17-10/h5H,4H2,1-3H3,(H,11,16)/t5-/m0/s1. The van der Waals surface area contributed by atoms with Crippen LogP contribution < -0.4 is 5.32 Å². The van der Waals surface area contributed by atoms with Gasteiger partial charge in [0, 0.05) is 0 Å². The lowest BCUT2D eigenvalue weighted by Crippen LogP contribution is -2.27. The van der Waals surface area contributed by atoms with Crippen molar-refractivity contribution in [1.29, 1.82) is 0 Å². The molecule has 7 nitrogen and oxygen atoms in total. The predicted molar refractivity (Wildman–Crippen MR) is 64.2 cm³/mol. The molecule has 2 aromatic heterocycles. The number of nitrogens with zero attached hydrogens (tertiary/aromatic N) is 4. The molecule has 0 aromatic carbocycles. The Balaban J connectivity index is 2.08. The summed E-state index contributed by atoms with van der Waals surface area (Å²) in [5, 5.41) is 10.4. The van der Waals surface area contributed by atoms with Gasteiger partial charge < -0.3 is 9.84 Å². The molecular formula is C10H13N5O2S. The third-order valence-corrected chi connectivity index (χ3v) is 3.13. The SMILES string of the molecule is CCc1nnsc1C(=O)N[C@@H](C)c1nc(C)no1. The number of aromatic nitrogens is 4. The Kier molecular flexibility index (Phi) is 3.66. The molecule has 2 rings (SSSR count). The van der Waals surface area contributed by atoms with Crippen molar-refractivity contribution in [2.45, 2.75) is 33.2 Å². The summed E-state index contributed by atoms with van der Waals surface area (Å²) in [6, 6.07) is -0.342. The van der Waals surface area contributed by atoms with Gasteiger partial charge in [0.25, 0.3) is 5.91 Å². The van der Waals surface area contributed by atoms with E-state index in [0.717, 1.165) is 11.5 Å². The van der Waals surface area contributed by atoms with Crippen LogP contribution in [0.25, 0.3) is 0 Å². The molecule has 2 aromatic rings. The monoisotopic (exact) mass is 267 g/mol. The first-order chi connectivity index (χ1) is 8.61. The summed E-state index contributed by atoms with van der Waals surface area (Å²) in [6.07, 6.45) is 0.674. The van der Waals surface area contributed by atoms with Gasteiger partial charge in [0.2, 0.25) is 5.89 Å². The molecule has 0 unspecified atom stereocenters. The van der Waals surface area contributed by atoms with Gasteiger partial charge >= 0.3 is 0 Å². The molecular weight excluding hydrogens is 254 g/mol. The molecule has 1 amide bonds. The van der Waals surface area contributed by atoms with E-state index in [2.05, 4.69) is 25.0 Å². The first-order valence-corrected chi connectivity index (χ1v) is 6.31. The average Bonchev–Trinajstić information content (AvgIpc) is 2.96. The van der Waals surface area contributed by atoms with E-state index in [9.17, 15) is 4.79 Å². The largest absolute Gasteiger partial charge is 0.340 e. The molecule has 1 N–H and O–H groups in total. The van der Waals surface area contributed by atoms with E-state index < -0.39 is 0 Å². The molecule has 0 radical (unpaired) electrons. The second-order valence-corrected chi connectivity index (χ2v) is 4.53. The maximum Gasteiger partial charge on any atom is 0.265 e. The predicted octanol–water partition coefficient (Wildman–Crippen LogP) is 1.28. The summed E-state index contributed by atoms with van der Waals surface area (Å²) in [6.45, 7) is 5.44. The highest BCUT2D eigenvalue weighted by Crippen LogP contribution is 2.14. The Hall–Kier alpha value is -1.83. The number of amides is 1. The topological polar surface area (TPSA) is 93.8 Å². The van der Waals surface area contributed by atoms with Gasteiger partial charge in [0.05, 0.1) is 5.69 Å². The zero-order valence-corrected chi connectivity index (χ0v) is 11.1. The van der Waals surface area contributed by atoms with Crippen molar-refractivity contribution in [1.82, 2.24) is 25.0 Å². The van der Waals surface area contributed by atoms with Gasteiger partial charge in [-0.2, -0.15) is 4.98 Å². The summed E-state index contributed by atoms with van der Waals surface area (Å²) in [7, 11) is 0. The van der Waals surface area contributed by atoms with E-state index in [1.165, 1.54) is 0 Å². The van der Waals surface area contributed by atoms with E-state index in [-0.39, 0.29) is 11.9 Å². The Morgan fingerprint density at radius 2 is 2.33 bits per heavy atom. The normalized spacial score (nSPS) is 12.4. The Bertz CT molecular complexity index is 550. The highest BCUT2D eigenvalue weighted by atomic mass is 32.1. The van der Waals surface area contributed by atoms with Crippen LogP contribution in [0.15, 0.2) is 4.52 Å². The molecule has 0 aliphatic rings. The fraction of sp³-hybridized carbons (Fsp3) is 0.500. The van der Waals surface area contributed by atoms with Gasteiger partial charge in [-0.05, 0) is 31.8 Å². The third kappa shape index (κ3) is 2.53. The van der Waals surface area contributed by atoms with Crippen LogP contribution in [0.4, 0.5) is 0 Å². The molecule has 18 heavy (non-hydrogen) atoms. The summed E-state index contributed by atoms with van der Waals surface area (Å²) < 4.78 is 8.77. The molecule has 0 aliphatic heterocycles. The number of hydrogen-bond donors (Lipinski definition) is 1. The number of carbonyl (C=O) groups excluding carboxylic acids is 1. The Morgan fingerprint density at radius 1 is 1.56 bits per heavy atom. The number of rotatable bonds is 4. The van der Waals surface area contributed by atoms with Gasteiger partial charge in [0.1, 0.15) is 10.9 Å².